The molecule has 0 saturated carbocycles. The molecule has 102 valence electrons. The number of hydrogen-bond donors (Lipinski definition) is 1. The van der Waals surface area contributed by atoms with E-state index in [1.165, 1.54) is 4.90 Å². The summed E-state index contributed by atoms with van der Waals surface area (Å²) in [5.74, 6) is 0.435. The van der Waals surface area contributed by atoms with Crippen LogP contribution in [0.1, 0.15) is 27.7 Å². The summed E-state index contributed by atoms with van der Waals surface area (Å²) in [6.45, 7) is 8.87. The maximum absolute atomic E-state index is 9.46. The first kappa shape index (κ1) is 15.4. The number of anilines is 1. The van der Waals surface area contributed by atoms with Crippen molar-refractivity contribution in [2.75, 3.05) is 18.6 Å². The van der Waals surface area contributed by atoms with Gasteiger partial charge in [-0.15, -0.1) is 11.8 Å². The minimum Gasteiger partial charge on any atom is -0.394 e. The van der Waals surface area contributed by atoms with E-state index in [0.717, 1.165) is 5.69 Å². The number of benzene rings is 1. The van der Waals surface area contributed by atoms with Crippen LogP contribution in [0.25, 0.3) is 0 Å². The van der Waals surface area contributed by atoms with E-state index in [2.05, 4.69) is 56.9 Å². The molecule has 1 aromatic rings. The zero-order valence-electron chi connectivity index (χ0n) is 12.1. The van der Waals surface area contributed by atoms with Gasteiger partial charge in [0.2, 0.25) is 0 Å². The van der Waals surface area contributed by atoms with Crippen LogP contribution in [0.5, 0.6) is 0 Å². The molecule has 1 N–H and O–H groups in total. The van der Waals surface area contributed by atoms with Gasteiger partial charge in [0, 0.05) is 22.9 Å². The third kappa shape index (κ3) is 4.21. The fraction of sp³-hybridized carbons (Fsp3) is 0.600. The predicted octanol–water partition coefficient (Wildman–Crippen LogP) is 3.64. The van der Waals surface area contributed by atoms with Crippen LogP contribution < -0.4 is 4.90 Å². The normalized spacial score (nSPS) is 13.1. The number of aliphatic hydroxyl groups excluding tert-OH is 1. The molecule has 0 aliphatic heterocycles. The highest BCUT2D eigenvalue weighted by Gasteiger charge is 2.17. The van der Waals surface area contributed by atoms with Crippen molar-refractivity contribution < 1.29 is 5.11 Å². The lowest BCUT2D eigenvalue weighted by Crippen LogP contribution is -2.38. The average Bonchev–Trinajstić information content (AvgIpc) is 2.29. The first-order valence-electron chi connectivity index (χ1n) is 6.56. The molecule has 0 bridgehead atoms. The number of likely N-dealkylation sites (N-methyl/N-ethyl adjacent to an activating group) is 1. The highest BCUT2D eigenvalue weighted by atomic mass is 32.2. The number of nitrogens with zero attached hydrogens (tertiary/aromatic N) is 1. The summed E-state index contributed by atoms with van der Waals surface area (Å²) in [5.41, 5.74) is 1.16. The van der Waals surface area contributed by atoms with Crippen LogP contribution in [0.3, 0.4) is 0 Å². The average molecular weight is 267 g/mol. The number of rotatable bonds is 6. The molecule has 1 aromatic carbocycles. The predicted molar refractivity (Wildman–Crippen MR) is 81.5 cm³/mol. The Morgan fingerprint density at radius 3 is 2.06 bits per heavy atom. The lowest BCUT2D eigenvalue weighted by atomic mass is 10.0. The second-order valence-corrected chi connectivity index (χ2v) is 6.92. The van der Waals surface area contributed by atoms with Crippen molar-refractivity contribution in [1.29, 1.82) is 0 Å². The first-order valence-corrected chi connectivity index (χ1v) is 7.44. The van der Waals surface area contributed by atoms with Crippen molar-refractivity contribution in [3.05, 3.63) is 24.3 Å². The Morgan fingerprint density at radius 1 is 1.11 bits per heavy atom. The summed E-state index contributed by atoms with van der Waals surface area (Å²) < 4.78 is 0. The SMILES string of the molecule is CC(C)Sc1ccc(N(C)C(CO)C(C)C)cc1. The van der Waals surface area contributed by atoms with Crippen LogP contribution >= 0.6 is 11.8 Å². The summed E-state index contributed by atoms with van der Waals surface area (Å²) in [4.78, 5) is 3.46. The first-order chi connectivity index (χ1) is 8.45. The summed E-state index contributed by atoms with van der Waals surface area (Å²) in [6.07, 6.45) is 0. The third-order valence-corrected chi connectivity index (χ3v) is 4.09. The van der Waals surface area contributed by atoms with E-state index >= 15 is 0 Å². The van der Waals surface area contributed by atoms with Gasteiger partial charge >= 0.3 is 0 Å². The Kier molecular flexibility index (Phi) is 6.03. The van der Waals surface area contributed by atoms with E-state index in [4.69, 9.17) is 0 Å². The van der Waals surface area contributed by atoms with Crippen molar-refractivity contribution in [3.8, 4) is 0 Å². The van der Waals surface area contributed by atoms with Gasteiger partial charge in [0.25, 0.3) is 0 Å². The van der Waals surface area contributed by atoms with Gasteiger partial charge < -0.3 is 10.0 Å². The molecule has 3 heteroatoms. The van der Waals surface area contributed by atoms with Crippen LogP contribution in [0.15, 0.2) is 29.2 Å². The maximum atomic E-state index is 9.46. The summed E-state index contributed by atoms with van der Waals surface area (Å²) >= 11 is 1.87. The molecular formula is C15H25NOS. The van der Waals surface area contributed by atoms with Gasteiger partial charge in [-0.05, 0) is 30.2 Å². The molecule has 1 rings (SSSR count). The molecule has 0 aromatic heterocycles. The molecule has 0 aliphatic rings. The largest absolute Gasteiger partial charge is 0.394 e. The Bertz CT molecular complexity index is 348. The van der Waals surface area contributed by atoms with Crippen molar-refractivity contribution in [2.45, 2.75) is 43.9 Å². The van der Waals surface area contributed by atoms with Crippen LogP contribution in [-0.4, -0.2) is 30.1 Å². The standard InChI is InChI=1S/C15H25NOS/c1-11(2)15(10-17)16(5)13-6-8-14(9-7-13)18-12(3)4/h6-9,11-12,15,17H,10H2,1-5H3. The molecule has 2 nitrogen and oxygen atoms in total. The van der Waals surface area contributed by atoms with Crippen molar-refractivity contribution in [2.24, 2.45) is 5.92 Å². The van der Waals surface area contributed by atoms with E-state index in [9.17, 15) is 5.11 Å². The van der Waals surface area contributed by atoms with E-state index < -0.39 is 0 Å². The Balaban J connectivity index is 2.77. The van der Waals surface area contributed by atoms with Gasteiger partial charge in [-0.2, -0.15) is 0 Å². The van der Waals surface area contributed by atoms with Gasteiger partial charge in [-0.25, -0.2) is 0 Å². The van der Waals surface area contributed by atoms with Crippen LogP contribution in [0.4, 0.5) is 5.69 Å². The molecule has 1 atom stereocenters. The number of hydrogen-bond acceptors (Lipinski definition) is 3. The second-order valence-electron chi connectivity index (χ2n) is 5.27. The van der Waals surface area contributed by atoms with Gasteiger partial charge in [0.15, 0.2) is 0 Å². The maximum Gasteiger partial charge on any atom is 0.0637 e. The van der Waals surface area contributed by atoms with Crippen LogP contribution in [-0.2, 0) is 0 Å². The van der Waals surface area contributed by atoms with Gasteiger partial charge in [0.05, 0.1) is 12.6 Å². The monoisotopic (exact) mass is 267 g/mol. The van der Waals surface area contributed by atoms with E-state index in [-0.39, 0.29) is 12.6 Å². The smallest absolute Gasteiger partial charge is 0.0637 e. The topological polar surface area (TPSA) is 23.5 Å². The lowest BCUT2D eigenvalue weighted by molar-refractivity contribution is 0.234. The molecule has 0 saturated heterocycles. The van der Waals surface area contributed by atoms with Crippen LogP contribution in [0, 0.1) is 5.92 Å². The quantitative estimate of drug-likeness (QED) is 0.796. The van der Waals surface area contributed by atoms with Gasteiger partial charge in [-0.3, -0.25) is 0 Å². The summed E-state index contributed by atoms with van der Waals surface area (Å²) in [7, 11) is 2.05. The molecule has 0 aliphatic carbocycles. The summed E-state index contributed by atoms with van der Waals surface area (Å²) in [6, 6.07) is 8.76. The molecule has 1 unspecified atom stereocenters. The minimum absolute atomic E-state index is 0.175. The molecule has 18 heavy (non-hydrogen) atoms. The molecular weight excluding hydrogens is 242 g/mol. The molecule has 0 fully saturated rings. The molecule has 0 heterocycles. The van der Waals surface area contributed by atoms with E-state index in [0.29, 0.717) is 11.2 Å². The van der Waals surface area contributed by atoms with Crippen molar-refractivity contribution >= 4 is 17.4 Å². The highest BCUT2D eigenvalue weighted by Crippen LogP contribution is 2.26. The zero-order valence-corrected chi connectivity index (χ0v) is 12.9. The Hall–Kier alpha value is -0.670. The minimum atomic E-state index is 0.175. The zero-order chi connectivity index (χ0) is 13.7. The Morgan fingerprint density at radius 2 is 1.67 bits per heavy atom. The van der Waals surface area contributed by atoms with E-state index in [1.807, 2.05) is 18.8 Å². The molecule has 0 amide bonds. The van der Waals surface area contributed by atoms with Crippen molar-refractivity contribution in [1.82, 2.24) is 0 Å². The Labute approximate surface area is 115 Å². The van der Waals surface area contributed by atoms with Crippen molar-refractivity contribution in [3.63, 3.8) is 0 Å². The third-order valence-electron chi connectivity index (χ3n) is 3.07. The molecule has 0 radical (unpaired) electrons. The van der Waals surface area contributed by atoms with Gasteiger partial charge in [0.1, 0.15) is 0 Å². The fourth-order valence-electron chi connectivity index (χ4n) is 2.00. The highest BCUT2D eigenvalue weighted by molar-refractivity contribution is 7.99. The summed E-state index contributed by atoms with van der Waals surface area (Å²) in [5, 5.41) is 10.1. The number of thioether (sulfide) groups is 1. The molecule has 0 spiro atoms. The lowest BCUT2D eigenvalue weighted by Gasteiger charge is -2.31. The van der Waals surface area contributed by atoms with E-state index in [1.54, 1.807) is 0 Å². The van der Waals surface area contributed by atoms with Gasteiger partial charge in [-0.1, -0.05) is 27.7 Å². The number of aliphatic hydroxyl groups is 1. The fourth-order valence-corrected chi connectivity index (χ4v) is 2.84. The van der Waals surface area contributed by atoms with Crippen LogP contribution in [0.2, 0.25) is 0 Å². The second kappa shape index (κ2) is 7.05.